The topological polar surface area (TPSA) is 49.3 Å². The Morgan fingerprint density at radius 2 is 1.95 bits per heavy atom. The van der Waals surface area contributed by atoms with Crippen LogP contribution in [0.4, 0.5) is 4.39 Å². The highest BCUT2D eigenvalue weighted by Gasteiger charge is 2.36. The van der Waals surface area contributed by atoms with Gasteiger partial charge in [-0.1, -0.05) is 25.0 Å². The van der Waals surface area contributed by atoms with Crippen molar-refractivity contribution in [2.45, 2.75) is 50.6 Å². The Morgan fingerprint density at radius 1 is 1.37 bits per heavy atom. The molecule has 104 valence electrons. The molecule has 1 atom stereocenters. The summed E-state index contributed by atoms with van der Waals surface area (Å²) in [5.74, 6) is -1.16. The van der Waals surface area contributed by atoms with Gasteiger partial charge in [0.05, 0.1) is 0 Å². The van der Waals surface area contributed by atoms with E-state index in [4.69, 9.17) is 0 Å². The predicted octanol–water partition coefficient (Wildman–Crippen LogP) is 2.74. The Bertz CT molecular complexity index is 440. The standard InChI is InChI=1S/C15H20FNO2/c1-15(14(18)19,17-13-4-2-3-5-13)10-11-6-8-12(16)9-7-11/h6-9,13,17H,2-5,10H2,1H3,(H,18,19). The molecule has 0 amide bonds. The van der Waals surface area contributed by atoms with Crippen molar-refractivity contribution < 1.29 is 14.3 Å². The second-order valence-electron chi connectivity index (χ2n) is 5.57. The van der Waals surface area contributed by atoms with Crippen molar-refractivity contribution in [3.63, 3.8) is 0 Å². The Labute approximate surface area is 112 Å². The molecule has 3 nitrogen and oxygen atoms in total. The number of carbonyl (C=O) groups is 1. The van der Waals surface area contributed by atoms with Gasteiger partial charge in [0.25, 0.3) is 0 Å². The van der Waals surface area contributed by atoms with Crippen LogP contribution >= 0.6 is 0 Å². The molecule has 1 aliphatic carbocycles. The number of rotatable bonds is 5. The molecule has 1 unspecified atom stereocenters. The maximum absolute atomic E-state index is 12.9. The highest BCUT2D eigenvalue weighted by molar-refractivity contribution is 5.78. The van der Waals surface area contributed by atoms with Gasteiger partial charge >= 0.3 is 5.97 Å². The summed E-state index contributed by atoms with van der Waals surface area (Å²) in [6, 6.07) is 6.31. The summed E-state index contributed by atoms with van der Waals surface area (Å²) in [5.41, 5.74) is -0.163. The number of hydrogen-bond donors (Lipinski definition) is 2. The van der Waals surface area contributed by atoms with Crippen molar-refractivity contribution in [2.24, 2.45) is 0 Å². The molecule has 4 heteroatoms. The molecule has 1 aliphatic rings. The van der Waals surface area contributed by atoms with Crippen LogP contribution in [0.25, 0.3) is 0 Å². The minimum atomic E-state index is -0.993. The molecule has 0 bridgehead atoms. The number of aliphatic carboxylic acids is 1. The molecule has 0 radical (unpaired) electrons. The van der Waals surface area contributed by atoms with Gasteiger partial charge in [-0.05, 0) is 37.5 Å². The molecular weight excluding hydrogens is 245 g/mol. The van der Waals surface area contributed by atoms with Crippen molar-refractivity contribution >= 4 is 5.97 Å². The second kappa shape index (κ2) is 5.70. The molecule has 19 heavy (non-hydrogen) atoms. The Balaban J connectivity index is 2.09. The van der Waals surface area contributed by atoms with E-state index in [9.17, 15) is 14.3 Å². The fraction of sp³-hybridized carbons (Fsp3) is 0.533. The maximum atomic E-state index is 12.9. The van der Waals surface area contributed by atoms with E-state index in [0.29, 0.717) is 6.42 Å². The largest absolute Gasteiger partial charge is 0.480 e. The van der Waals surface area contributed by atoms with Gasteiger partial charge in [-0.25, -0.2) is 4.39 Å². The number of benzene rings is 1. The lowest BCUT2D eigenvalue weighted by molar-refractivity contribution is -0.144. The van der Waals surface area contributed by atoms with Crippen LogP contribution in [0.1, 0.15) is 38.2 Å². The van der Waals surface area contributed by atoms with E-state index in [1.54, 1.807) is 19.1 Å². The molecule has 1 aromatic rings. The van der Waals surface area contributed by atoms with E-state index >= 15 is 0 Å². The van der Waals surface area contributed by atoms with E-state index in [-0.39, 0.29) is 11.9 Å². The molecule has 1 aromatic carbocycles. The van der Waals surface area contributed by atoms with Gasteiger partial charge in [0, 0.05) is 12.5 Å². The third-order valence-electron chi connectivity index (χ3n) is 3.82. The van der Waals surface area contributed by atoms with Crippen molar-refractivity contribution in [3.05, 3.63) is 35.6 Å². The summed E-state index contributed by atoms with van der Waals surface area (Å²) < 4.78 is 12.9. The SMILES string of the molecule is CC(Cc1ccc(F)cc1)(NC1CCCC1)C(=O)O. The molecule has 0 heterocycles. The van der Waals surface area contributed by atoms with Crippen LogP contribution in [-0.4, -0.2) is 22.7 Å². The van der Waals surface area contributed by atoms with E-state index in [1.165, 1.54) is 12.1 Å². The van der Waals surface area contributed by atoms with Gasteiger partial charge in [0.15, 0.2) is 0 Å². The van der Waals surface area contributed by atoms with Gasteiger partial charge in [-0.15, -0.1) is 0 Å². The lowest BCUT2D eigenvalue weighted by Gasteiger charge is -2.30. The fourth-order valence-electron chi connectivity index (χ4n) is 2.72. The molecule has 0 aromatic heterocycles. The van der Waals surface area contributed by atoms with Crippen LogP contribution in [0.3, 0.4) is 0 Å². The third kappa shape index (κ3) is 3.53. The van der Waals surface area contributed by atoms with E-state index < -0.39 is 11.5 Å². The first-order valence-electron chi connectivity index (χ1n) is 6.75. The summed E-state index contributed by atoms with van der Waals surface area (Å²) in [4.78, 5) is 11.5. The number of carboxylic acid groups (broad SMARTS) is 1. The molecule has 0 saturated heterocycles. The van der Waals surface area contributed by atoms with Gasteiger partial charge in [-0.2, -0.15) is 0 Å². The zero-order valence-corrected chi connectivity index (χ0v) is 11.2. The smallest absolute Gasteiger partial charge is 0.323 e. The van der Waals surface area contributed by atoms with E-state index in [2.05, 4.69) is 5.32 Å². The highest BCUT2D eigenvalue weighted by Crippen LogP contribution is 2.23. The first-order chi connectivity index (χ1) is 8.99. The first-order valence-corrected chi connectivity index (χ1v) is 6.75. The molecule has 0 aliphatic heterocycles. The number of carboxylic acids is 1. The monoisotopic (exact) mass is 265 g/mol. The molecule has 2 rings (SSSR count). The number of hydrogen-bond acceptors (Lipinski definition) is 2. The Morgan fingerprint density at radius 3 is 2.47 bits per heavy atom. The lowest BCUT2D eigenvalue weighted by atomic mass is 9.91. The zero-order chi connectivity index (χ0) is 13.9. The fourth-order valence-corrected chi connectivity index (χ4v) is 2.72. The van der Waals surface area contributed by atoms with Crippen molar-refractivity contribution in [2.75, 3.05) is 0 Å². The van der Waals surface area contributed by atoms with Gasteiger partial charge in [0.1, 0.15) is 11.4 Å². The van der Waals surface area contributed by atoms with Gasteiger partial charge < -0.3 is 5.11 Å². The normalized spacial score (nSPS) is 19.3. The summed E-state index contributed by atoms with van der Waals surface area (Å²) >= 11 is 0. The number of nitrogens with one attached hydrogen (secondary N) is 1. The van der Waals surface area contributed by atoms with Crippen molar-refractivity contribution in [1.29, 1.82) is 0 Å². The van der Waals surface area contributed by atoms with Gasteiger partial charge in [-0.3, -0.25) is 10.1 Å². The van der Waals surface area contributed by atoms with Gasteiger partial charge in [0.2, 0.25) is 0 Å². The van der Waals surface area contributed by atoms with Crippen LogP contribution in [0.15, 0.2) is 24.3 Å². The molecule has 2 N–H and O–H groups in total. The second-order valence-corrected chi connectivity index (χ2v) is 5.57. The molecular formula is C15H20FNO2. The molecule has 1 fully saturated rings. The van der Waals surface area contributed by atoms with Crippen molar-refractivity contribution in [1.82, 2.24) is 5.32 Å². The average molecular weight is 265 g/mol. The summed E-state index contributed by atoms with van der Waals surface area (Å²) in [7, 11) is 0. The predicted molar refractivity (Wildman–Crippen MR) is 71.5 cm³/mol. The Kier molecular flexibility index (Phi) is 4.20. The van der Waals surface area contributed by atoms with Crippen LogP contribution in [-0.2, 0) is 11.2 Å². The quantitative estimate of drug-likeness (QED) is 0.860. The minimum absolute atomic E-state index is 0.279. The van der Waals surface area contributed by atoms with E-state index in [0.717, 1.165) is 31.2 Å². The Hall–Kier alpha value is -1.42. The van der Waals surface area contributed by atoms with Crippen LogP contribution in [0, 0.1) is 5.82 Å². The first kappa shape index (κ1) is 14.0. The summed E-state index contributed by atoms with van der Waals surface area (Å²) in [5, 5.41) is 12.7. The van der Waals surface area contributed by atoms with Crippen molar-refractivity contribution in [3.8, 4) is 0 Å². The summed E-state index contributed by atoms with van der Waals surface area (Å²) in [6.45, 7) is 1.71. The molecule has 1 saturated carbocycles. The zero-order valence-electron chi connectivity index (χ0n) is 11.2. The highest BCUT2D eigenvalue weighted by atomic mass is 19.1. The number of halogens is 1. The maximum Gasteiger partial charge on any atom is 0.323 e. The van der Waals surface area contributed by atoms with E-state index in [1.807, 2.05) is 0 Å². The third-order valence-corrected chi connectivity index (χ3v) is 3.82. The van der Waals surface area contributed by atoms with Crippen LogP contribution in [0.2, 0.25) is 0 Å². The molecule has 0 spiro atoms. The van der Waals surface area contributed by atoms with Crippen LogP contribution in [0.5, 0.6) is 0 Å². The van der Waals surface area contributed by atoms with Crippen LogP contribution < -0.4 is 5.32 Å². The minimum Gasteiger partial charge on any atom is -0.480 e. The lowest BCUT2D eigenvalue weighted by Crippen LogP contribution is -2.54. The summed E-state index contributed by atoms with van der Waals surface area (Å²) in [6.07, 6.45) is 4.74. The average Bonchev–Trinajstić information content (AvgIpc) is 2.84.